The molecule has 0 aliphatic carbocycles. The van der Waals surface area contributed by atoms with Crippen LogP contribution in [0, 0.1) is 5.92 Å². The highest BCUT2D eigenvalue weighted by atomic mass is 35.5. The van der Waals surface area contributed by atoms with Gasteiger partial charge in [0.05, 0.1) is 0 Å². The van der Waals surface area contributed by atoms with Crippen molar-refractivity contribution in [1.82, 2.24) is 5.32 Å². The molecule has 1 heterocycles. The molecule has 1 N–H and O–H groups in total. The van der Waals surface area contributed by atoms with Crippen LogP contribution in [0.3, 0.4) is 0 Å². The third-order valence-electron chi connectivity index (χ3n) is 4.30. The van der Waals surface area contributed by atoms with Crippen LogP contribution in [0.25, 0.3) is 0 Å². The van der Waals surface area contributed by atoms with Gasteiger partial charge in [0.25, 0.3) is 0 Å². The molecule has 2 nitrogen and oxygen atoms in total. The van der Waals surface area contributed by atoms with Crippen molar-refractivity contribution in [2.75, 3.05) is 11.4 Å². The molecule has 0 aromatic heterocycles. The van der Waals surface area contributed by atoms with E-state index in [1.807, 2.05) is 6.07 Å². The predicted octanol–water partition coefficient (Wildman–Crippen LogP) is 4.85. The molecule has 1 aliphatic heterocycles. The van der Waals surface area contributed by atoms with E-state index < -0.39 is 0 Å². The average Bonchev–Trinajstić information content (AvgIpc) is 2.36. The Balaban J connectivity index is 2.22. The van der Waals surface area contributed by atoms with E-state index in [0.29, 0.717) is 6.04 Å². The van der Waals surface area contributed by atoms with Gasteiger partial charge in [-0.3, -0.25) is 0 Å². The van der Waals surface area contributed by atoms with Crippen molar-refractivity contribution in [3.8, 4) is 0 Å². The van der Waals surface area contributed by atoms with Gasteiger partial charge < -0.3 is 10.2 Å². The molecule has 118 valence electrons. The van der Waals surface area contributed by atoms with Crippen molar-refractivity contribution >= 4 is 17.3 Å². The highest BCUT2D eigenvalue weighted by Crippen LogP contribution is 2.32. The summed E-state index contributed by atoms with van der Waals surface area (Å²) in [6, 6.07) is 6.89. The van der Waals surface area contributed by atoms with Crippen molar-refractivity contribution in [3.05, 3.63) is 28.8 Å². The standard InChI is InChI=1S/C18H29ClN2/c1-13-8-9-21(14(2)10-13)17-11-16(19)7-6-15(17)12-20-18(3,4)5/h6-7,11,13-14,20H,8-10,12H2,1-5H3. The van der Waals surface area contributed by atoms with E-state index in [1.165, 1.54) is 24.1 Å². The van der Waals surface area contributed by atoms with E-state index in [1.54, 1.807) is 0 Å². The largest absolute Gasteiger partial charge is 0.369 e. The lowest BCUT2D eigenvalue weighted by atomic mass is 9.92. The fourth-order valence-electron chi connectivity index (χ4n) is 3.08. The second-order valence-corrected chi connectivity index (χ2v) is 7.98. The van der Waals surface area contributed by atoms with Gasteiger partial charge in [0.1, 0.15) is 0 Å². The number of rotatable bonds is 3. The zero-order valence-electron chi connectivity index (χ0n) is 14.0. The lowest BCUT2D eigenvalue weighted by Crippen LogP contribution is -2.41. The topological polar surface area (TPSA) is 15.3 Å². The summed E-state index contributed by atoms with van der Waals surface area (Å²) in [4.78, 5) is 2.53. The van der Waals surface area contributed by atoms with Crippen molar-refractivity contribution in [2.45, 2.75) is 65.6 Å². The van der Waals surface area contributed by atoms with Gasteiger partial charge in [-0.1, -0.05) is 24.6 Å². The second-order valence-electron chi connectivity index (χ2n) is 7.55. The van der Waals surface area contributed by atoms with Gasteiger partial charge in [-0.25, -0.2) is 0 Å². The van der Waals surface area contributed by atoms with E-state index in [0.717, 1.165) is 24.0 Å². The maximum atomic E-state index is 6.26. The molecular weight excluding hydrogens is 280 g/mol. The van der Waals surface area contributed by atoms with Gasteiger partial charge in [-0.05, 0) is 64.2 Å². The zero-order chi connectivity index (χ0) is 15.6. The first-order chi connectivity index (χ1) is 9.76. The Hall–Kier alpha value is -0.730. The van der Waals surface area contributed by atoms with E-state index in [-0.39, 0.29) is 5.54 Å². The minimum atomic E-state index is 0.124. The number of hydrogen-bond donors (Lipinski definition) is 1. The Kier molecular flexibility index (Phi) is 5.21. The van der Waals surface area contributed by atoms with E-state index in [9.17, 15) is 0 Å². The molecule has 1 fully saturated rings. The Bertz CT molecular complexity index is 479. The molecule has 0 saturated carbocycles. The number of anilines is 1. The summed E-state index contributed by atoms with van der Waals surface area (Å²) in [6.07, 6.45) is 2.53. The smallest absolute Gasteiger partial charge is 0.0429 e. The lowest BCUT2D eigenvalue weighted by Gasteiger charge is -2.39. The highest BCUT2D eigenvalue weighted by Gasteiger charge is 2.25. The normalized spacial score (nSPS) is 23.4. The predicted molar refractivity (Wildman–Crippen MR) is 93.3 cm³/mol. The van der Waals surface area contributed by atoms with Crippen molar-refractivity contribution < 1.29 is 0 Å². The molecule has 2 rings (SSSR count). The Morgan fingerprint density at radius 1 is 1.29 bits per heavy atom. The molecule has 2 atom stereocenters. The quantitative estimate of drug-likeness (QED) is 0.858. The third kappa shape index (κ3) is 4.62. The van der Waals surface area contributed by atoms with Gasteiger partial charge in [0.2, 0.25) is 0 Å². The molecule has 1 saturated heterocycles. The summed E-state index contributed by atoms with van der Waals surface area (Å²) in [5.74, 6) is 0.826. The molecular formula is C18H29ClN2. The molecule has 1 aromatic rings. The lowest BCUT2D eigenvalue weighted by molar-refractivity contribution is 0.376. The van der Waals surface area contributed by atoms with Crippen LogP contribution >= 0.6 is 11.6 Å². The van der Waals surface area contributed by atoms with Crippen molar-refractivity contribution in [2.24, 2.45) is 5.92 Å². The maximum absolute atomic E-state index is 6.26. The van der Waals surface area contributed by atoms with Gasteiger partial charge in [0, 0.05) is 35.4 Å². The fourth-order valence-corrected chi connectivity index (χ4v) is 3.25. The second kappa shape index (κ2) is 6.58. The third-order valence-corrected chi connectivity index (χ3v) is 4.54. The Morgan fingerprint density at radius 2 is 2.00 bits per heavy atom. The number of piperidine rings is 1. The number of nitrogens with one attached hydrogen (secondary N) is 1. The Labute approximate surface area is 134 Å². The summed E-state index contributed by atoms with van der Waals surface area (Å²) >= 11 is 6.26. The van der Waals surface area contributed by atoms with Gasteiger partial charge in [-0.2, -0.15) is 0 Å². The van der Waals surface area contributed by atoms with E-state index in [4.69, 9.17) is 11.6 Å². The van der Waals surface area contributed by atoms with Crippen LogP contribution in [-0.2, 0) is 6.54 Å². The van der Waals surface area contributed by atoms with Crippen LogP contribution in [0.1, 0.15) is 53.0 Å². The molecule has 21 heavy (non-hydrogen) atoms. The first-order valence-corrected chi connectivity index (χ1v) is 8.44. The average molecular weight is 309 g/mol. The maximum Gasteiger partial charge on any atom is 0.0429 e. The summed E-state index contributed by atoms with van der Waals surface area (Å²) in [5.41, 5.74) is 2.77. The number of halogens is 1. The van der Waals surface area contributed by atoms with Gasteiger partial charge in [0.15, 0.2) is 0 Å². The molecule has 0 amide bonds. The highest BCUT2D eigenvalue weighted by molar-refractivity contribution is 6.30. The van der Waals surface area contributed by atoms with Gasteiger partial charge in [-0.15, -0.1) is 0 Å². The molecule has 1 aliphatic rings. The first kappa shape index (κ1) is 16.6. The number of nitrogens with zero attached hydrogens (tertiary/aromatic N) is 1. The van der Waals surface area contributed by atoms with Crippen LogP contribution in [0.15, 0.2) is 18.2 Å². The van der Waals surface area contributed by atoms with Crippen LogP contribution in [0.5, 0.6) is 0 Å². The first-order valence-electron chi connectivity index (χ1n) is 8.06. The zero-order valence-corrected chi connectivity index (χ0v) is 14.8. The van der Waals surface area contributed by atoms with Crippen molar-refractivity contribution in [1.29, 1.82) is 0 Å². The fraction of sp³-hybridized carbons (Fsp3) is 0.667. The monoisotopic (exact) mass is 308 g/mol. The summed E-state index contributed by atoms with van der Waals surface area (Å²) in [6.45, 7) is 13.3. The molecule has 3 heteroatoms. The van der Waals surface area contributed by atoms with E-state index in [2.05, 4.69) is 57.0 Å². The summed E-state index contributed by atoms with van der Waals surface area (Å²) in [7, 11) is 0. The number of benzene rings is 1. The van der Waals surface area contributed by atoms with Crippen LogP contribution in [0.4, 0.5) is 5.69 Å². The molecule has 0 radical (unpaired) electrons. The summed E-state index contributed by atoms with van der Waals surface area (Å²) < 4.78 is 0. The Morgan fingerprint density at radius 3 is 2.62 bits per heavy atom. The SMILES string of the molecule is CC1CCN(c2cc(Cl)ccc2CNC(C)(C)C)C(C)C1. The van der Waals surface area contributed by atoms with Crippen molar-refractivity contribution in [3.63, 3.8) is 0 Å². The van der Waals surface area contributed by atoms with Crippen LogP contribution in [-0.4, -0.2) is 18.1 Å². The molecule has 2 unspecified atom stereocenters. The number of hydrogen-bond acceptors (Lipinski definition) is 2. The molecule has 0 bridgehead atoms. The van der Waals surface area contributed by atoms with Gasteiger partial charge >= 0.3 is 0 Å². The summed E-state index contributed by atoms with van der Waals surface area (Å²) in [5, 5.41) is 4.42. The van der Waals surface area contributed by atoms with Crippen LogP contribution < -0.4 is 10.2 Å². The molecule has 0 spiro atoms. The van der Waals surface area contributed by atoms with E-state index >= 15 is 0 Å². The molecule has 1 aromatic carbocycles. The van der Waals surface area contributed by atoms with Crippen LogP contribution in [0.2, 0.25) is 5.02 Å². The minimum absolute atomic E-state index is 0.124. The minimum Gasteiger partial charge on any atom is -0.369 e.